The minimum atomic E-state index is -1.70. The highest BCUT2D eigenvalue weighted by Crippen LogP contribution is 2.49. The molecule has 3 fully saturated rings. The molecule has 0 bridgehead atoms. The summed E-state index contributed by atoms with van der Waals surface area (Å²) >= 11 is 0. The number of likely N-dealkylation sites (N-methyl/N-ethyl adjacent to an activating group) is 1. The van der Waals surface area contributed by atoms with Crippen LogP contribution in [0.2, 0.25) is 0 Å². The summed E-state index contributed by atoms with van der Waals surface area (Å²) in [7, 11) is 3.35. The number of ketones is 4. The molecule has 7 atom stereocenters. The van der Waals surface area contributed by atoms with Crippen LogP contribution in [0.15, 0.2) is 24.3 Å². The fourth-order valence-electron chi connectivity index (χ4n) is 8.35. The second kappa shape index (κ2) is 10.4. The molecule has 3 N–H and O–H groups in total. The Morgan fingerprint density at radius 3 is 2.45 bits per heavy atom. The largest absolute Gasteiger partial charge is 0.507 e. The number of carbonyl (C=O) groups is 5. The molecule has 0 aromatic heterocycles. The van der Waals surface area contributed by atoms with Crippen LogP contribution in [-0.4, -0.2) is 77.2 Å². The van der Waals surface area contributed by atoms with E-state index in [0.29, 0.717) is 35.6 Å². The maximum absolute atomic E-state index is 14.0. The van der Waals surface area contributed by atoms with Crippen molar-refractivity contribution in [2.45, 2.75) is 45.7 Å². The molecule has 3 aliphatic carbocycles. The first-order valence-corrected chi connectivity index (χ1v) is 15.0. The Morgan fingerprint density at radius 1 is 1.07 bits per heavy atom. The lowest BCUT2D eigenvalue weighted by Gasteiger charge is -2.48. The van der Waals surface area contributed by atoms with Crippen LogP contribution in [-0.2, 0) is 32.1 Å². The number of aromatic hydroxyl groups is 1. The number of phenolic OH excluding ortho intramolecular Hbond substituents is 1. The first-order valence-electron chi connectivity index (χ1n) is 15.0. The predicted octanol–water partition coefficient (Wildman–Crippen LogP) is 2.38. The van der Waals surface area contributed by atoms with Gasteiger partial charge in [-0.25, -0.2) is 0 Å². The van der Waals surface area contributed by atoms with E-state index in [1.807, 2.05) is 18.2 Å². The van der Waals surface area contributed by atoms with E-state index >= 15 is 0 Å². The highest BCUT2D eigenvalue weighted by molar-refractivity contribution is 6.29. The van der Waals surface area contributed by atoms with E-state index in [0.717, 1.165) is 30.6 Å². The molecule has 222 valence electrons. The Morgan fingerprint density at radius 2 is 1.81 bits per heavy atom. The van der Waals surface area contributed by atoms with E-state index in [1.165, 1.54) is 6.42 Å². The first kappa shape index (κ1) is 28.7. The molecule has 2 aromatic rings. The van der Waals surface area contributed by atoms with E-state index in [9.17, 15) is 29.1 Å². The van der Waals surface area contributed by atoms with Crippen molar-refractivity contribution >= 4 is 39.8 Å². The van der Waals surface area contributed by atoms with Gasteiger partial charge in [-0.1, -0.05) is 32.0 Å². The van der Waals surface area contributed by atoms with Crippen molar-refractivity contribution in [2.24, 2.45) is 47.2 Å². The second-order valence-corrected chi connectivity index (χ2v) is 13.5. The molecule has 1 amide bonds. The Labute approximate surface area is 245 Å². The van der Waals surface area contributed by atoms with Crippen LogP contribution >= 0.6 is 0 Å². The van der Waals surface area contributed by atoms with Gasteiger partial charge >= 0.3 is 0 Å². The summed E-state index contributed by atoms with van der Waals surface area (Å²) in [6.07, 6.45) is 1.85. The van der Waals surface area contributed by atoms with Crippen molar-refractivity contribution in [3.63, 3.8) is 0 Å². The lowest BCUT2D eigenvalue weighted by atomic mass is 9.54. The fourth-order valence-corrected chi connectivity index (χ4v) is 8.35. The molecule has 9 nitrogen and oxygen atoms in total. The number of benzene rings is 2. The van der Waals surface area contributed by atoms with Gasteiger partial charge in [0.05, 0.1) is 23.4 Å². The number of nitrogens with zero attached hydrogens (tertiary/aromatic N) is 2. The predicted molar refractivity (Wildman–Crippen MR) is 156 cm³/mol. The highest BCUT2D eigenvalue weighted by Gasteiger charge is 2.61. The van der Waals surface area contributed by atoms with Crippen LogP contribution in [0.3, 0.4) is 0 Å². The number of rotatable bonds is 5. The number of hydrogen-bond acceptors (Lipinski definition) is 8. The van der Waals surface area contributed by atoms with Crippen molar-refractivity contribution < 1.29 is 29.1 Å². The van der Waals surface area contributed by atoms with Gasteiger partial charge in [-0.15, -0.1) is 0 Å². The molecule has 2 aromatic carbocycles. The summed E-state index contributed by atoms with van der Waals surface area (Å²) in [5.74, 6) is -7.46. The van der Waals surface area contributed by atoms with Crippen LogP contribution in [0.5, 0.6) is 5.75 Å². The van der Waals surface area contributed by atoms with Gasteiger partial charge in [-0.3, -0.25) is 33.8 Å². The average Bonchev–Trinajstić information content (AvgIpc) is 3.37. The van der Waals surface area contributed by atoms with Crippen LogP contribution in [0.4, 0.5) is 0 Å². The van der Waals surface area contributed by atoms with Crippen LogP contribution in [0, 0.1) is 41.4 Å². The zero-order valence-corrected chi connectivity index (χ0v) is 24.6. The molecule has 0 radical (unpaired) electrons. The van der Waals surface area contributed by atoms with Crippen LogP contribution in [0.1, 0.15) is 48.2 Å². The summed E-state index contributed by atoms with van der Waals surface area (Å²) in [4.78, 5) is 70.7. The number of phenols is 1. The molecule has 1 saturated heterocycles. The third-order valence-corrected chi connectivity index (χ3v) is 10.4. The Bertz CT molecular complexity index is 1530. The number of amides is 1. The van der Waals surface area contributed by atoms with Crippen molar-refractivity contribution in [1.82, 2.24) is 9.80 Å². The second-order valence-electron chi connectivity index (χ2n) is 13.5. The minimum Gasteiger partial charge on any atom is -0.507 e. The minimum absolute atomic E-state index is 0.129. The van der Waals surface area contributed by atoms with E-state index in [2.05, 4.69) is 24.8 Å². The number of carbonyl (C=O) groups excluding carboxylic acids is 5. The van der Waals surface area contributed by atoms with E-state index in [-0.39, 0.29) is 11.3 Å². The lowest BCUT2D eigenvalue weighted by molar-refractivity contribution is -0.157. The highest BCUT2D eigenvalue weighted by atomic mass is 16.3. The van der Waals surface area contributed by atoms with Crippen molar-refractivity contribution in [1.29, 1.82) is 0 Å². The SMILES string of the molecule is CC(C)C1CCN(Cc2ccc3cc4c(c(O)c3c2)C(=O)C2C(=O)C3C(=O)C(C(N)=O)C(=O)C(N(C)C)C3CC2C4)C1. The summed E-state index contributed by atoms with van der Waals surface area (Å²) in [5.41, 5.74) is 7.31. The lowest BCUT2D eigenvalue weighted by Crippen LogP contribution is -2.64. The molecule has 42 heavy (non-hydrogen) atoms. The summed E-state index contributed by atoms with van der Waals surface area (Å²) in [6, 6.07) is 7.06. The summed E-state index contributed by atoms with van der Waals surface area (Å²) < 4.78 is 0. The first-order chi connectivity index (χ1) is 19.9. The van der Waals surface area contributed by atoms with Gasteiger partial charge in [0.25, 0.3) is 0 Å². The fraction of sp³-hybridized carbons (Fsp3) is 0.545. The molecule has 4 aliphatic rings. The molecule has 1 aliphatic heterocycles. The van der Waals surface area contributed by atoms with Crippen molar-refractivity contribution in [3.05, 3.63) is 41.0 Å². The third kappa shape index (κ3) is 4.40. The molecule has 9 heteroatoms. The standard InChI is InChI=1S/C33H39N3O6/c1-15(2)18-7-8-36(14-18)13-16-5-6-17-10-19-11-20-12-22-25(31(40)26(33(34)42)32(41)27(22)35(3)4)30(39)24(20)29(38)23(19)28(37)21(17)9-16/h5-6,9-10,15,18,20,22,24-27,37H,7-8,11-14H2,1-4H3,(H2,34,42). The Kier molecular flexibility index (Phi) is 7.09. The molecular formula is C33H39N3O6. The zero-order valence-electron chi connectivity index (χ0n) is 24.6. The smallest absolute Gasteiger partial charge is 0.235 e. The van der Waals surface area contributed by atoms with E-state index in [1.54, 1.807) is 19.0 Å². The van der Waals surface area contributed by atoms with Gasteiger partial charge in [-0.2, -0.15) is 0 Å². The Hall–Kier alpha value is -3.43. The van der Waals surface area contributed by atoms with Gasteiger partial charge in [-0.05, 0) is 86.2 Å². The Balaban J connectivity index is 1.34. The molecule has 6 rings (SSSR count). The normalized spacial score (nSPS) is 31.5. The van der Waals surface area contributed by atoms with Gasteiger partial charge < -0.3 is 10.8 Å². The molecular weight excluding hydrogens is 534 g/mol. The van der Waals surface area contributed by atoms with Gasteiger partial charge in [0, 0.05) is 18.5 Å². The number of fused-ring (bicyclic) bond motifs is 4. The maximum Gasteiger partial charge on any atom is 0.235 e. The monoisotopic (exact) mass is 573 g/mol. The average molecular weight is 574 g/mol. The van der Waals surface area contributed by atoms with Crippen molar-refractivity contribution in [3.8, 4) is 5.75 Å². The van der Waals surface area contributed by atoms with E-state index in [4.69, 9.17) is 5.73 Å². The number of hydrogen-bond donors (Lipinski definition) is 2. The van der Waals surface area contributed by atoms with E-state index < -0.39 is 64.7 Å². The number of Topliss-reactive ketones (excluding diaryl/α,β-unsaturated/α-hetero) is 4. The topological polar surface area (TPSA) is 138 Å². The van der Waals surface area contributed by atoms with Crippen LogP contribution < -0.4 is 5.73 Å². The van der Waals surface area contributed by atoms with Gasteiger partial charge in [0.15, 0.2) is 29.1 Å². The maximum atomic E-state index is 14.0. The van der Waals surface area contributed by atoms with Gasteiger partial charge in [0.1, 0.15) is 5.75 Å². The number of nitrogens with two attached hydrogens (primary N) is 1. The molecule has 1 heterocycles. The summed E-state index contributed by atoms with van der Waals surface area (Å²) in [6.45, 7) is 7.32. The third-order valence-electron chi connectivity index (χ3n) is 10.4. The van der Waals surface area contributed by atoms with Crippen LogP contribution in [0.25, 0.3) is 10.8 Å². The summed E-state index contributed by atoms with van der Waals surface area (Å²) in [5, 5.41) is 12.9. The quantitative estimate of drug-likeness (QED) is 0.520. The molecule has 0 spiro atoms. The van der Waals surface area contributed by atoms with Gasteiger partial charge in [0.2, 0.25) is 5.91 Å². The van der Waals surface area contributed by atoms with Crippen molar-refractivity contribution in [2.75, 3.05) is 27.2 Å². The molecule has 2 saturated carbocycles. The number of likely N-dealkylation sites (tertiary alicyclic amines) is 1. The molecule has 7 unspecified atom stereocenters. The zero-order chi connectivity index (χ0) is 30.2. The number of primary amides is 1.